The molecular formula is C14H13BrN2O4. The molecule has 0 saturated heterocycles. The van der Waals surface area contributed by atoms with E-state index in [0.29, 0.717) is 27.5 Å². The van der Waals surface area contributed by atoms with Gasteiger partial charge in [0.05, 0.1) is 26.0 Å². The average Bonchev–Trinajstić information content (AvgIpc) is 2.91. The van der Waals surface area contributed by atoms with Crippen LogP contribution in [0.1, 0.15) is 16.1 Å². The molecule has 0 fully saturated rings. The summed E-state index contributed by atoms with van der Waals surface area (Å²) in [6.45, 7) is 0. The maximum absolute atomic E-state index is 12.0. The van der Waals surface area contributed by atoms with Crippen LogP contribution in [-0.2, 0) is 0 Å². The zero-order valence-corrected chi connectivity index (χ0v) is 13.0. The first kappa shape index (κ1) is 15.1. The number of ether oxygens (including phenoxy) is 2. The van der Waals surface area contributed by atoms with E-state index in [2.05, 4.69) is 26.5 Å². The molecule has 0 aliphatic rings. The number of hydrazone groups is 1. The molecule has 0 bridgehead atoms. The van der Waals surface area contributed by atoms with Crippen molar-refractivity contribution in [2.75, 3.05) is 14.2 Å². The van der Waals surface area contributed by atoms with Crippen molar-refractivity contribution >= 4 is 28.1 Å². The molecule has 0 spiro atoms. The van der Waals surface area contributed by atoms with E-state index in [9.17, 15) is 4.79 Å². The van der Waals surface area contributed by atoms with E-state index < -0.39 is 5.91 Å². The van der Waals surface area contributed by atoms with E-state index in [1.54, 1.807) is 37.4 Å². The molecule has 0 aliphatic heterocycles. The molecule has 0 saturated carbocycles. The Morgan fingerprint density at radius 2 is 2.10 bits per heavy atom. The van der Waals surface area contributed by atoms with Crippen LogP contribution in [0, 0.1) is 0 Å². The highest BCUT2D eigenvalue weighted by molar-refractivity contribution is 9.10. The molecule has 1 aromatic heterocycles. The molecule has 110 valence electrons. The van der Waals surface area contributed by atoms with E-state index in [1.165, 1.54) is 13.3 Å². The Balaban J connectivity index is 2.08. The van der Waals surface area contributed by atoms with Crippen molar-refractivity contribution in [2.24, 2.45) is 5.10 Å². The fourth-order valence-corrected chi connectivity index (χ4v) is 1.92. The average molecular weight is 353 g/mol. The second-order valence-corrected chi connectivity index (χ2v) is 4.69. The van der Waals surface area contributed by atoms with Crippen molar-refractivity contribution < 1.29 is 18.7 Å². The zero-order chi connectivity index (χ0) is 15.2. The number of methoxy groups -OCH3 is 2. The number of rotatable bonds is 5. The fourth-order valence-electron chi connectivity index (χ4n) is 1.60. The molecule has 2 aromatic rings. The first-order valence-electron chi connectivity index (χ1n) is 5.95. The lowest BCUT2D eigenvalue weighted by Gasteiger charge is -2.08. The summed E-state index contributed by atoms with van der Waals surface area (Å²) < 4.78 is 16.0. The summed E-state index contributed by atoms with van der Waals surface area (Å²) in [5, 5.41) is 3.82. The van der Waals surface area contributed by atoms with Gasteiger partial charge in [-0.05, 0) is 40.2 Å². The van der Waals surface area contributed by atoms with Crippen LogP contribution in [0.3, 0.4) is 0 Å². The number of hydrogen-bond donors (Lipinski definition) is 1. The smallest absolute Gasteiger partial charge is 0.275 e. The monoisotopic (exact) mass is 352 g/mol. The molecule has 0 unspecified atom stereocenters. The van der Waals surface area contributed by atoms with E-state index >= 15 is 0 Å². The highest BCUT2D eigenvalue weighted by atomic mass is 79.9. The van der Waals surface area contributed by atoms with Gasteiger partial charge in [0.1, 0.15) is 17.3 Å². The van der Waals surface area contributed by atoms with Gasteiger partial charge in [0, 0.05) is 6.07 Å². The number of nitrogens with zero attached hydrogens (tertiary/aromatic N) is 1. The molecule has 1 aromatic carbocycles. The highest BCUT2D eigenvalue weighted by Crippen LogP contribution is 2.24. The number of furan rings is 1. The SMILES string of the molecule is COc1ccc(C(=O)NN=Cc2ccc(Br)o2)c(OC)c1. The molecular weight excluding hydrogens is 340 g/mol. The first-order chi connectivity index (χ1) is 10.1. The normalized spacial score (nSPS) is 10.6. The Kier molecular flexibility index (Phi) is 4.99. The van der Waals surface area contributed by atoms with Gasteiger partial charge >= 0.3 is 0 Å². The Labute approximate surface area is 129 Å². The van der Waals surface area contributed by atoms with Crippen molar-refractivity contribution in [1.82, 2.24) is 5.43 Å². The van der Waals surface area contributed by atoms with Crippen LogP contribution in [0.4, 0.5) is 0 Å². The van der Waals surface area contributed by atoms with Gasteiger partial charge in [0.2, 0.25) is 0 Å². The molecule has 0 aliphatic carbocycles. The summed E-state index contributed by atoms with van der Waals surface area (Å²) in [6, 6.07) is 8.35. The van der Waals surface area contributed by atoms with Gasteiger partial charge in [-0.15, -0.1) is 0 Å². The van der Waals surface area contributed by atoms with E-state index in [0.717, 1.165) is 0 Å². The van der Waals surface area contributed by atoms with Crippen LogP contribution in [0.2, 0.25) is 0 Å². The van der Waals surface area contributed by atoms with E-state index in [1.807, 2.05) is 0 Å². The topological polar surface area (TPSA) is 73.1 Å². The van der Waals surface area contributed by atoms with Gasteiger partial charge in [0.15, 0.2) is 4.67 Å². The molecule has 2 rings (SSSR count). The van der Waals surface area contributed by atoms with Crippen molar-refractivity contribution in [2.45, 2.75) is 0 Å². The van der Waals surface area contributed by atoms with Crippen LogP contribution >= 0.6 is 15.9 Å². The third kappa shape index (κ3) is 3.85. The highest BCUT2D eigenvalue weighted by Gasteiger charge is 2.12. The van der Waals surface area contributed by atoms with Crippen molar-refractivity contribution in [3.8, 4) is 11.5 Å². The molecule has 1 N–H and O–H groups in total. The third-order valence-electron chi connectivity index (χ3n) is 2.61. The maximum atomic E-state index is 12.0. The van der Waals surface area contributed by atoms with Crippen molar-refractivity contribution in [3.05, 3.63) is 46.3 Å². The Hall–Kier alpha value is -2.28. The number of hydrogen-bond acceptors (Lipinski definition) is 5. The number of amides is 1. The minimum Gasteiger partial charge on any atom is -0.497 e. The zero-order valence-electron chi connectivity index (χ0n) is 11.4. The predicted molar refractivity (Wildman–Crippen MR) is 81.0 cm³/mol. The van der Waals surface area contributed by atoms with Gasteiger partial charge in [-0.3, -0.25) is 4.79 Å². The number of nitrogens with one attached hydrogen (secondary N) is 1. The Bertz CT molecular complexity index is 667. The van der Waals surface area contributed by atoms with Crippen LogP contribution in [0.5, 0.6) is 11.5 Å². The largest absolute Gasteiger partial charge is 0.497 e. The molecule has 21 heavy (non-hydrogen) atoms. The minimum atomic E-state index is -0.392. The molecule has 7 heteroatoms. The standard InChI is InChI=1S/C14H13BrN2O4/c1-19-9-3-5-11(12(7-9)20-2)14(18)17-16-8-10-4-6-13(15)21-10/h3-8H,1-2H3,(H,17,18). The van der Waals surface area contributed by atoms with Crippen LogP contribution < -0.4 is 14.9 Å². The lowest BCUT2D eigenvalue weighted by Crippen LogP contribution is -2.18. The van der Waals surface area contributed by atoms with Gasteiger partial charge in [-0.2, -0.15) is 5.10 Å². The first-order valence-corrected chi connectivity index (χ1v) is 6.74. The van der Waals surface area contributed by atoms with Crippen molar-refractivity contribution in [1.29, 1.82) is 0 Å². The summed E-state index contributed by atoms with van der Waals surface area (Å²) >= 11 is 3.18. The second-order valence-electron chi connectivity index (χ2n) is 3.91. The quantitative estimate of drug-likeness (QED) is 0.663. The van der Waals surface area contributed by atoms with Gasteiger partial charge in [-0.25, -0.2) is 5.43 Å². The van der Waals surface area contributed by atoms with Gasteiger partial charge in [-0.1, -0.05) is 0 Å². The summed E-state index contributed by atoms with van der Waals surface area (Å²) in [7, 11) is 3.02. The number of carbonyl (C=O) groups is 1. The van der Waals surface area contributed by atoms with Crippen molar-refractivity contribution in [3.63, 3.8) is 0 Å². The molecule has 0 atom stereocenters. The lowest BCUT2D eigenvalue weighted by molar-refractivity contribution is 0.0952. The number of benzene rings is 1. The lowest BCUT2D eigenvalue weighted by atomic mass is 10.2. The summed E-state index contributed by atoms with van der Waals surface area (Å²) in [4.78, 5) is 12.0. The molecule has 1 heterocycles. The number of carbonyl (C=O) groups excluding carboxylic acids is 1. The molecule has 6 nitrogen and oxygen atoms in total. The van der Waals surface area contributed by atoms with E-state index in [-0.39, 0.29) is 0 Å². The molecule has 0 radical (unpaired) electrons. The fraction of sp³-hybridized carbons (Fsp3) is 0.143. The van der Waals surface area contributed by atoms with Gasteiger partial charge in [0.25, 0.3) is 5.91 Å². The molecule has 1 amide bonds. The van der Waals surface area contributed by atoms with Gasteiger partial charge < -0.3 is 13.9 Å². The Morgan fingerprint density at radius 3 is 2.71 bits per heavy atom. The summed E-state index contributed by atoms with van der Waals surface area (Å²) in [5.74, 6) is 1.13. The van der Waals surface area contributed by atoms with E-state index in [4.69, 9.17) is 13.9 Å². The maximum Gasteiger partial charge on any atom is 0.275 e. The number of halogens is 1. The summed E-state index contributed by atoms with van der Waals surface area (Å²) in [6.07, 6.45) is 1.40. The van der Waals surface area contributed by atoms with Crippen LogP contribution in [-0.4, -0.2) is 26.3 Å². The predicted octanol–water partition coefficient (Wildman–Crippen LogP) is 2.82. The second kappa shape index (κ2) is 6.94. The Morgan fingerprint density at radius 1 is 1.29 bits per heavy atom. The van der Waals surface area contributed by atoms with Crippen LogP contribution in [0.25, 0.3) is 0 Å². The summed E-state index contributed by atoms with van der Waals surface area (Å²) in [5.41, 5.74) is 2.76. The van der Waals surface area contributed by atoms with Crippen LogP contribution in [0.15, 0.2) is 44.5 Å². The minimum absolute atomic E-state index is 0.357. The third-order valence-corrected chi connectivity index (χ3v) is 3.03.